The van der Waals surface area contributed by atoms with E-state index in [0.29, 0.717) is 28.7 Å². The van der Waals surface area contributed by atoms with E-state index >= 15 is 0 Å². The smallest absolute Gasteiger partial charge is 0.309 e. The number of halogens is 3. The summed E-state index contributed by atoms with van der Waals surface area (Å²) in [4.78, 5) is 29.8. The van der Waals surface area contributed by atoms with Gasteiger partial charge in [0.25, 0.3) is 5.91 Å². The molecule has 1 saturated heterocycles. The van der Waals surface area contributed by atoms with Gasteiger partial charge in [-0.15, -0.1) is 0 Å². The Morgan fingerprint density at radius 3 is 2.21 bits per heavy atom. The molecule has 2 aromatic rings. The van der Waals surface area contributed by atoms with Gasteiger partial charge in [-0.2, -0.15) is 0 Å². The van der Waals surface area contributed by atoms with Crippen molar-refractivity contribution in [3.8, 4) is 0 Å². The van der Waals surface area contributed by atoms with Crippen LogP contribution in [0, 0.1) is 0 Å². The first-order chi connectivity index (χ1) is 13.8. The zero-order valence-electron chi connectivity index (χ0n) is 16.4. The second kappa shape index (κ2) is 9.07. The number of imide groups is 1. The van der Waals surface area contributed by atoms with E-state index in [4.69, 9.17) is 23.2 Å². The third kappa shape index (κ3) is 4.62. The lowest BCUT2D eigenvalue weighted by Crippen LogP contribution is -2.49. The molecule has 0 aliphatic carbocycles. The van der Waals surface area contributed by atoms with Crippen molar-refractivity contribution in [2.45, 2.75) is 45.1 Å². The maximum absolute atomic E-state index is 13.5. The Kier molecular flexibility index (Phi) is 6.92. The maximum atomic E-state index is 13.5. The standard InChI is InChI=1S/C22H23BrCl2N2O2/c1-3-4-5-10-26-21(29)27(19-12-17(24)11-18(25)13-19)20(28)22(26,2)14-15-6-8-16(23)9-7-15/h6-9,11-13H,3-5,10,14H2,1-2H3. The predicted octanol–water partition coefficient (Wildman–Crippen LogP) is 6.72. The van der Waals surface area contributed by atoms with Gasteiger partial charge in [-0.25, -0.2) is 9.69 Å². The first kappa shape index (κ1) is 22.1. The number of hydrogen-bond donors (Lipinski definition) is 0. The van der Waals surface area contributed by atoms with Crippen LogP contribution in [0.15, 0.2) is 46.9 Å². The number of amides is 3. The van der Waals surface area contributed by atoms with Gasteiger partial charge in [0.2, 0.25) is 0 Å². The molecule has 0 spiro atoms. The number of urea groups is 1. The van der Waals surface area contributed by atoms with E-state index in [1.54, 1.807) is 23.1 Å². The molecule has 0 aromatic heterocycles. The summed E-state index contributed by atoms with van der Waals surface area (Å²) in [6.45, 7) is 4.47. The summed E-state index contributed by atoms with van der Waals surface area (Å²) in [5, 5.41) is 0.763. The third-order valence-corrected chi connectivity index (χ3v) is 6.20. The number of rotatable bonds is 7. The van der Waals surface area contributed by atoms with Crippen LogP contribution in [0.5, 0.6) is 0 Å². The highest BCUT2D eigenvalue weighted by Crippen LogP contribution is 2.37. The number of anilines is 1. The molecule has 0 bridgehead atoms. The van der Waals surface area contributed by atoms with Crippen molar-refractivity contribution in [2.75, 3.05) is 11.4 Å². The van der Waals surface area contributed by atoms with Gasteiger partial charge in [0.1, 0.15) is 5.54 Å². The Balaban J connectivity index is 1.99. The Bertz CT molecular complexity index is 899. The molecule has 4 nitrogen and oxygen atoms in total. The normalized spacial score (nSPS) is 19.3. The highest BCUT2D eigenvalue weighted by molar-refractivity contribution is 9.10. The van der Waals surface area contributed by atoms with Crippen LogP contribution >= 0.6 is 39.1 Å². The third-order valence-electron chi connectivity index (χ3n) is 5.23. The van der Waals surface area contributed by atoms with E-state index in [0.717, 1.165) is 29.3 Å². The molecule has 7 heteroatoms. The van der Waals surface area contributed by atoms with Gasteiger partial charge in [0.15, 0.2) is 0 Å². The van der Waals surface area contributed by atoms with Crippen LogP contribution in [0.25, 0.3) is 0 Å². The monoisotopic (exact) mass is 496 g/mol. The van der Waals surface area contributed by atoms with E-state index in [-0.39, 0.29) is 11.9 Å². The summed E-state index contributed by atoms with van der Waals surface area (Å²) < 4.78 is 0.968. The Morgan fingerprint density at radius 1 is 1.00 bits per heavy atom. The van der Waals surface area contributed by atoms with Crippen molar-refractivity contribution in [3.63, 3.8) is 0 Å². The van der Waals surface area contributed by atoms with Gasteiger partial charge in [0, 0.05) is 27.5 Å². The van der Waals surface area contributed by atoms with Crippen LogP contribution in [-0.2, 0) is 11.2 Å². The Labute approximate surface area is 189 Å². The number of unbranched alkanes of at least 4 members (excludes halogenated alkanes) is 2. The summed E-state index contributed by atoms with van der Waals surface area (Å²) in [5.41, 5.74) is 0.411. The van der Waals surface area contributed by atoms with Crippen molar-refractivity contribution < 1.29 is 9.59 Å². The SMILES string of the molecule is CCCCCN1C(=O)N(c2cc(Cl)cc(Cl)c2)C(=O)C1(C)Cc1ccc(Br)cc1. The zero-order valence-corrected chi connectivity index (χ0v) is 19.5. The molecule has 1 unspecified atom stereocenters. The first-order valence-electron chi connectivity index (χ1n) is 9.63. The number of carbonyl (C=O) groups is 2. The van der Waals surface area contributed by atoms with E-state index in [2.05, 4.69) is 22.9 Å². The van der Waals surface area contributed by atoms with Gasteiger partial charge >= 0.3 is 6.03 Å². The molecule has 1 heterocycles. The molecule has 0 N–H and O–H groups in total. The molecule has 2 aromatic carbocycles. The van der Waals surface area contributed by atoms with Gasteiger partial charge in [-0.05, 0) is 49.2 Å². The molecule has 1 atom stereocenters. The molecule has 0 radical (unpaired) electrons. The van der Waals surface area contributed by atoms with Crippen LogP contribution in [0.1, 0.15) is 38.7 Å². The quantitative estimate of drug-likeness (QED) is 0.314. The summed E-state index contributed by atoms with van der Waals surface area (Å²) in [6.07, 6.45) is 3.31. The number of benzene rings is 2. The van der Waals surface area contributed by atoms with Crippen LogP contribution < -0.4 is 4.90 Å². The van der Waals surface area contributed by atoms with Gasteiger partial charge in [-0.1, -0.05) is 71.0 Å². The molecule has 3 amide bonds. The summed E-state index contributed by atoms with van der Waals surface area (Å²) in [7, 11) is 0. The fourth-order valence-electron chi connectivity index (χ4n) is 3.70. The second-order valence-corrected chi connectivity index (χ2v) is 9.28. The van der Waals surface area contributed by atoms with Crippen molar-refractivity contribution in [2.24, 2.45) is 0 Å². The number of carbonyl (C=O) groups excluding carboxylic acids is 2. The Hall–Kier alpha value is -1.56. The molecule has 0 saturated carbocycles. The molecule has 1 fully saturated rings. The average molecular weight is 498 g/mol. The first-order valence-corrected chi connectivity index (χ1v) is 11.2. The maximum Gasteiger partial charge on any atom is 0.332 e. The summed E-state index contributed by atoms with van der Waals surface area (Å²) >= 11 is 15.7. The lowest BCUT2D eigenvalue weighted by molar-refractivity contribution is -0.124. The van der Waals surface area contributed by atoms with Crippen LogP contribution in [0.3, 0.4) is 0 Å². The van der Waals surface area contributed by atoms with Crippen molar-refractivity contribution in [1.29, 1.82) is 0 Å². The topological polar surface area (TPSA) is 40.6 Å². The van der Waals surface area contributed by atoms with Crippen LogP contribution in [0.4, 0.5) is 10.5 Å². The van der Waals surface area contributed by atoms with Gasteiger partial charge < -0.3 is 4.90 Å². The molecule has 1 aliphatic rings. The molecule has 1 aliphatic heterocycles. The minimum atomic E-state index is -0.979. The molecule has 154 valence electrons. The minimum absolute atomic E-state index is 0.264. The van der Waals surface area contributed by atoms with E-state index in [1.807, 2.05) is 31.2 Å². The largest absolute Gasteiger partial charge is 0.332 e. The van der Waals surface area contributed by atoms with Crippen molar-refractivity contribution in [3.05, 3.63) is 62.5 Å². The number of nitrogens with zero attached hydrogens (tertiary/aromatic N) is 2. The second-order valence-electron chi connectivity index (χ2n) is 7.49. The van der Waals surface area contributed by atoms with E-state index in [1.165, 1.54) is 4.90 Å². The summed E-state index contributed by atoms with van der Waals surface area (Å²) in [5.74, 6) is -0.264. The van der Waals surface area contributed by atoms with Crippen LogP contribution in [-0.4, -0.2) is 28.9 Å². The average Bonchev–Trinajstić information content (AvgIpc) is 2.83. The molecular weight excluding hydrogens is 475 g/mol. The molecule has 29 heavy (non-hydrogen) atoms. The zero-order chi connectivity index (χ0) is 21.2. The number of hydrogen-bond acceptors (Lipinski definition) is 2. The van der Waals surface area contributed by atoms with E-state index < -0.39 is 5.54 Å². The fourth-order valence-corrected chi connectivity index (χ4v) is 4.48. The van der Waals surface area contributed by atoms with Crippen molar-refractivity contribution >= 4 is 56.8 Å². The predicted molar refractivity (Wildman–Crippen MR) is 122 cm³/mol. The fraction of sp³-hybridized carbons (Fsp3) is 0.364. The summed E-state index contributed by atoms with van der Waals surface area (Å²) in [6, 6.07) is 12.3. The minimum Gasteiger partial charge on any atom is -0.309 e. The van der Waals surface area contributed by atoms with Gasteiger partial charge in [-0.3, -0.25) is 4.79 Å². The van der Waals surface area contributed by atoms with Crippen molar-refractivity contribution in [1.82, 2.24) is 4.90 Å². The molecule has 3 rings (SSSR count). The lowest BCUT2D eigenvalue weighted by atomic mass is 9.91. The van der Waals surface area contributed by atoms with Gasteiger partial charge in [0.05, 0.1) is 5.69 Å². The Morgan fingerprint density at radius 2 is 1.62 bits per heavy atom. The van der Waals surface area contributed by atoms with E-state index in [9.17, 15) is 9.59 Å². The highest BCUT2D eigenvalue weighted by atomic mass is 79.9. The lowest BCUT2D eigenvalue weighted by Gasteiger charge is -2.32. The van der Waals surface area contributed by atoms with Crippen LogP contribution in [0.2, 0.25) is 10.0 Å². The molecular formula is C22H23BrCl2N2O2. The highest BCUT2D eigenvalue weighted by Gasteiger charge is 2.54.